The van der Waals surface area contributed by atoms with Crippen molar-refractivity contribution in [1.82, 2.24) is 9.55 Å². The van der Waals surface area contributed by atoms with E-state index in [0.29, 0.717) is 23.1 Å². The van der Waals surface area contributed by atoms with Gasteiger partial charge in [-0.2, -0.15) is 10.5 Å². The molecule has 26 heavy (non-hydrogen) atoms. The molecule has 0 aliphatic carbocycles. The van der Waals surface area contributed by atoms with Crippen molar-refractivity contribution in [3.63, 3.8) is 0 Å². The van der Waals surface area contributed by atoms with E-state index in [1.54, 1.807) is 30.7 Å². The predicted octanol–water partition coefficient (Wildman–Crippen LogP) is 2.65. The number of aromatic nitrogens is 2. The van der Waals surface area contributed by atoms with Crippen LogP contribution < -0.4 is 0 Å². The van der Waals surface area contributed by atoms with Crippen molar-refractivity contribution in [3.8, 4) is 12.1 Å². The van der Waals surface area contributed by atoms with E-state index in [4.69, 9.17) is 15.3 Å². The fourth-order valence-corrected chi connectivity index (χ4v) is 3.56. The lowest BCUT2D eigenvalue weighted by molar-refractivity contribution is 0.0462. The third kappa shape index (κ3) is 3.62. The Balaban J connectivity index is 0.000000339. The molecule has 2 aromatic rings. The van der Waals surface area contributed by atoms with Gasteiger partial charge >= 0.3 is 0 Å². The van der Waals surface area contributed by atoms with E-state index in [2.05, 4.69) is 17.1 Å². The number of hydrogen-bond donors (Lipinski definition) is 1. The second kappa shape index (κ2) is 8.14. The number of nitrogens with zero attached hydrogens (tertiary/aromatic N) is 4. The first kappa shape index (κ1) is 18.1. The number of ether oxygens (including phenoxy) is 1. The summed E-state index contributed by atoms with van der Waals surface area (Å²) in [4.78, 5) is 4.12. The van der Waals surface area contributed by atoms with Crippen LogP contribution in [0.25, 0.3) is 0 Å². The quantitative estimate of drug-likeness (QED) is 0.898. The van der Waals surface area contributed by atoms with Gasteiger partial charge in [-0.05, 0) is 48.9 Å². The molecule has 0 saturated carbocycles. The van der Waals surface area contributed by atoms with E-state index in [9.17, 15) is 5.11 Å². The molecule has 1 aromatic heterocycles. The molecule has 0 bridgehead atoms. The first-order valence-electron chi connectivity index (χ1n) is 8.90. The Morgan fingerprint density at radius 1 is 1.23 bits per heavy atom. The van der Waals surface area contributed by atoms with Crippen LogP contribution in [-0.4, -0.2) is 27.9 Å². The van der Waals surface area contributed by atoms with Crippen LogP contribution in [0.15, 0.2) is 30.7 Å². The average Bonchev–Trinajstić information content (AvgIpc) is 3.37. The number of nitriles is 2. The van der Waals surface area contributed by atoms with Gasteiger partial charge < -0.3 is 14.4 Å². The molecule has 1 aromatic carbocycles. The average molecular weight is 350 g/mol. The molecule has 1 fully saturated rings. The highest BCUT2D eigenvalue weighted by molar-refractivity contribution is 5.45. The molecule has 6 nitrogen and oxygen atoms in total. The highest BCUT2D eigenvalue weighted by Gasteiger charge is 2.38. The van der Waals surface area contributed by atoms with Gasteiger partial charge in [0, 0.05) is 19.8 Å². The van der Waals surface area contributed by atoms with Crippen molar-refractivity contribution in [3.05, 3.63) is 53.1 Å². The monoisotopic (exact) mass is 350 g/mol. The minimum atomic E-state index is -1.14. The lowest BCUT2D eigenvalue weighted by Gasteiger charge is -2.35. The Labute approximate surface area is 153 Å². The van der Waals surface area contributed by atoms with Crippen molar-refractivity contribution in [2.75, 3.05) is 13.2 Å². The van der Waals surface area contributed by atoms with Crippen LogP contribution in [0.3, 0.4) is 0 Å². The standard InChI is InChI=1S/C16H14N4O.C4H8O/c17-6-4-13-8-12(9-18)2-3-14(13)16(21)5-1-7-20-11-19-10-15(16)20;1-2-4-5-3-1/h2-3,8,10-11,21H,1,4-5,7H2;1-4H2. The summed E-state index contributed by atoms with van der Waals surface area (Å²) in [5.41, 5.74) is 1.50. The molecule has 0 amide bonds. The molecule has 1 N–H and O–H groups in total. The maximum absolute atomic E-state index is 11.2. The number of aryl methyl sites for hydroxylation is 1. The van der Waals surface area contributed by atoms with E-state index in [1.807, 2.05) is 4.57 Å². The SMILES string of the molecule is C1CCOC1.N#CCc1cc(C#N)ccc1C1(O)CCCn2cncc21. The van der Waals surface area contributed by atoms with Crippen LogP contribution in [0.1, 0.15) is 48.1 Å². The summed E-state index contributed by atoms with van der Waals surface area (Å²) in [5.74, 6) is 0. The second-order valence-electron chi connectivity index (χ2n) is 6.57. The van der Waals surface area contributed by atoms with Crippen molar-refractivity contribution in [2.24, 2.45) is 0 Å². The number of benzene rings is 1. The predicted molar refractivity (Wildman–Crippen MR) is 95.0 cm³/mol. The van der Waals surface area contributed by atoms with Crippen LogP contribution in [0.4, 0.5) is 0 Å². The molecule has 1 unspecified atom stereocenters. The third-order valence-corrected chi connectivity index (χ3v) is 4.85. The van der Waals surface area contributed by atoms with Crippen LogP contribution >= 0.6 is 0 Å². The van der Waals surface area contributed by atoms with Crippen molar-refractivity contribution < 1.29 is 9.84 Å². The molecule has 134 valence electrons. The molecule has 1 saturated heterocycles. The second-order valence-corrected chi connectivity index (χ2v) is 6.57. The van der Waals surface area contributed by atoms with Crippen LogP contribution in [0.5, 0.6) is 0 Å². The van der Waals surface area contributed by atoms with Crippen LogP contribution in [0, 0.1) is 22.7 Å². The summed E-state index contributed by atoms with van der Waals surface area (Å²) in [5, 5.41) is 29.2. The number of imidazole rings is 1. The summed E-state index contributed by atoms with van der Waals surface area (Å²) >= 11 is 0. The van der Waals surface area contributed by atoms with Crippen LogP contribution in [-0.2, 0) is 23.3 Å². The molecule has 6 heteroatoms. The van der Waals surface area contributed by atoms with Gasteiger partial charge in [-0.25, -0.2) is 4.98 Å². The third-order valence-electron chi connectivity index (χ3n) is 4.85. The van der Waals surface area contributed by atoms with Crippen molar-refractivity contribution in [1.29, 1.82) is 10.5 Å². The zero-order valence-electron chi connectivity index (χ0n) is 14.7. The lowest BCUT2D eigenvalue weighted by Crippen LogP contribution is -2.35. The smallest absolute Gasteiger partial charge is 0.131 e. The van der Waals surface area contributed by atoms with Gasteiger partial charge in [-0.15, -0.1) is 0 Å². The fourth-order valence-electron chi connectivity index (χ4n) is 3.56. The zero-order chi connectivity index (χ0) is 18.4. The Kier molecular flexibility index (Phi) is 5.68. The molecule has 3 heterocycles. The Morgan fingerprint density at radius 2 is 2.04 bits per heavy atom. The number of hydrogen-bond acceptors (Lipinski definition) is 5. The maximum atomic E-state index is 11.2. The molecule has 1 atom stereocenters. The van der Waals surface area contributed by atoms with Gasteiger partial charge in [0.25, 0.3) is 0 Å². The van der Waals surface area contributed by atoms with Gasteiger partial charge in [0.2, 0.25) is 0 Å². The number of rotatable bonds is 2. The summed E-state index contributed by atoms with van der Waals surface area (Å²) in [7, 11) is 0. The molecule has 0 radical (unpaired) electrons. The topological polar surface area (TPSA) is 94.9 Å². The molecular weight excluding hydrogens is 328 g/mol. The number of aliphatic hydroxyl groups is 1. The Bertz CT molecular complexity index is 835. The lowest BCUT2D eigenvalue weighted by atomic mass is 9.80. The Hall–Kier alpha value is -2.67. The molecule has 4 rings (SSSR count). The van der Waals surface area contributed by atoms with Gasteiger partial charge in [0.1, 0.15) is 5.60 Å². The van der Waals surface area contributed by atoms with Gasteiger partial charge in [-0.3, -0.25) is 0 Å². The highest BCUT2D eigenvalue weighted by Crippen LogP contribution is 2.39. The van der Waals surface area contributed by atoms with E-state index >= 15 is 0 Å². The maximum Gasteiger partial charge on any atom is 0.131 e. The van der Waals surface area contributed by atoms with E-state index in [-0.39, 0.29) is 6.42 Å². The van der Waals surface area contributed by atoms with E-state index in [1.165, 1.54) is 12.8 Å². The highest BCUT2D eigenvalue weighted by atomic mass is 16.5. The normalized spacial score (nSPS) is 21.0. The molecule has 0 spiro atoms. The molecular formula is C20H22N4O2. The van der Waals surface area contributed by atoms with E-state index in [0.717, 1.165) is 31.9 Å². The first-order chi connectivity index (χ1) is 12.7. The number of fused-ring (bicyclic) bond motifs is 1. The minimum Gasteiger partial charge on any atom is -0.381 e. The van der Waals surface area contributed by atoms with Crippen molar-refractivity contribution in [2.45, 2.75) is 44.2 Å². The first-order valence-corrected chi connectivity index (χ1v) is 8.90. The van der Waals surface area contributed by atoms with Gasteiger partial charge in [0.15, 0.2) is 0 Å². The summed E-state index contributed by atoms with van der Waals surface area (Å²) in [6.07, 6.45) is 7.54. The van der Waals surface area contributed by atoms with E-state index < -0.39 is 5.60 Å². The minimum absolute atomic E-state index is 0.168. The fraction of sp³-hybridized carbons (Fsp3) is 0.450. The summed E-state index contributed by atoms with van der Waals surface area (Å²) < 4.78 is 6.89. The largest absolute Gasteiger partial charge is 0.381 e. The van der Waals surface area contributed by atoms with Gasteiger partial charge in [-0.1, -0.05) is 6.07 Å². The van der Waals surface area contributed by atoms with Crippen LogP contribution in [0.2, 0.25) is 0 Å². The molecule has 2 aliphatic rings. The molecule has 2 aliphatic heterocycles. The van der Waals surface area contributed by atoms with Crippen molar-refractivity contribution >= 4 is 0 Å². The van der Waals surface area contributed by atoms with Gasteiger partial charge in [0.05, 0.1) is 42.3 Å². The zero-order valence-corrected chi connectivity index (χ0v) is 14.7. The summed E-state index contributed by atoms with van der Waals surface area (Å²) in [6, 6.07) is 9.31. The Morgan fingerprint density at radius 3 is 2.69 bits per heavy atom. The summed E-state index contributed by atoms with van der Waals surface area (Å²) in [6.45, 7) is 2.83.